The Bertz CT molecular complexity index is 1600. The van der Waals surface area contributed by atoms with Crippen LogP contribution in [0.2, 0.25) is 0 Å². The molecule has 2 heterocycles. The van der Waals surface area contributed by atoms with Crippen molar-refractivity contribution in [3.8, 4) is 11.1 Å². The molecule has 0 aliphatic rings. The van der Waals surface area contributed by atoms with Crippen LogP contribution in [0.15, 0.2) is 88.4 Å². The number of pyridine rings is 1. The van der Waals surface area contributed by atoms with E-state index < -0.39 is 22.7 Å². The van der Waals surface area contributed by atoms with E-state index in [0.29, 0.717) is 33.5 Å². The second-order valence-electron chi connectivity index (χ2n) is 8.74. The molecule has 14 heteroatoms. The normalized spacial score (nSPS) is 12.2. The highest BCUT2D eigenvalue weighted by Crippen LogP contribution is 2.29. The Kier molecular flexibility index (Phi) is 10.3. The third kappa shape index (κ3) is 8.46. The van der Waals surface area contributed by atoms with Crippen LogP contribution in [0.3, 0.4) is 0 Å². The molecule has 218 valence electrons. The Balaban J connectivity index is 1.49. The van der Waals surface area contributed by atoms with Crippen LogP contribution in [0.4, 0.5) is 38.5 Å². The van der Waals surface area contributed by atoms with Crippen molar-refractivity contribution in [1.82, 2.24) is 15.0 Å². The molecule has 4 rings (SSSR count). The number of carbonyl (C=O) groups excluding carboxylic acids is 2. The van der Waals surface area contributed by atoms with E-state index >= 15 is 0 Å². The number of amides is 3. The Labute approximate surface area is 244 Å². The van der Waals surface area contributed by atoms with Crippen LogP contribution in [-0.4, -0.2) is 51.4 Å². The van der Waals surface area contributed by atoms with Gasteiger partial charge in [0.1, 0.15) is 11.6 Å². The number of anilines is 5. The molecule has 42 heavy (non-hydrogen) atoms. The van der Waals surface area contributed by atoms with Gasteiger partial charge in [-0.2, -0.15) is 4.98 Å². The molecule has 4 aromatic rings. The van der Waals surface area contributed by atoms with Crippen molar-refractivity contribution < 1.29 is 23.6 Å². The summed E-state index contributed by atoms with van der Waals surface area (Å²) in [4.78, 5) is 37.2. The zero-order valence-electron chi connectivity index (χ0n) is 22.8. The molecule has 1 atom stereocenters. The maximum Gasteiger partial charge on any atom is 0.410 e. The lowest BCUT2D eigenvalue weighted by Crippen LogP contribution is -2.21. The summed E-state index contributed by atoms with van der Waals surface area (Å²) in [5.74, 6) is 1.19. The average Bonchev–Trinajstić information content (AvgIpc) is 2.98. The first-order chi connectivity index (χ1) is 20.3. The molecule has 5 N–H and O–H groups in total. The van der Waals surface area contributed by atoms with E-state index in [1.165, 1.54) is 0 Å². The van der Waals surface area contributed by atoms with Gasteiger partial charge >= 0.3 is 12.1 Å². The predicted octanol–water partition coefficient (Wildman–Crippen LogP) is 5.38. The number of hydrogen-bond acceptors (Lipinski definition) is 11. The number of aromatic nitrogens is 3. The number of benzene rings is 2. The second kappa shape index (κ2) is 14.5. The number of urea groups is 1. The Morgan fingerprint density at radius 1 is 1.00 bits per heavy atom. The van der Waals surface area contributed by atoms with Crippen LogP contribution in [-0.2, 0) is 19.5 Å². The van der Waals surface area contributed by atoms with Gasteiger partial charge in [-0.1, -0.05) is 35.2 Å². The van der Waals surface area contributed by atoms with Crippen molar-refractivity contribution in [2.75, 3.05) is 34.5 Å². The fourth-order valence-electron chi connectivity index (χ4n) is 3.54. The Morgan fingerprint density at radius 2 is 1.74 bits per heavy atom. The van der Waals surface area contributed by atoms with Crippen LogP contribution in [0.25, 0.3) is 11.1 Å². The van der Waals surface area contributed by atoms with Crippen LogP contribution < -0.4 is 21.3 Å². The highest BCUT2D eigenvalue weighted by molar-refractivity contribution is 7.75. The Morgan fingerprint density at radius 3 is 2.40 bits per heavy atom. The third-order valence-electron chi connectivity index (χ3n) is 5.54. The van der Waals surface area contributed by atoms with Gasteiger partial charge in [-0.05, 0) is 55.8 Å². The molecule has 0 radical (unpaired) electrons. The fourth-order valence-corrected chi connectivity index (χ4v) is 4.21. The number of nitrogens with one attached hydrogen (secondary N) is 4. The number of rotatable bonds is 10. The summed E-state index contributed by atoms with van der Waals surface area (Å²) >= 11 is 0. The largest absolute Gasteiger partial charge is 0.450 e. The summed E-state index contributed by atoms with van der Waals surface area (Å²) in [6.07, 6.45) is 2.34. The fraction of sp³-hybridized carbons (Fsp3) is 0.179. The summed E-state index contributed by atoms with van der Waals surface area (Å²) in [6.45, 7) is 3.48. The lowest BCUT2D eigenvalue weighted by Gasteiger charge is -2.17. The van der Waals surface area contributed by atoms with E-state index in [4.69, 9.17) is 4.74 Å². The van der Waals surface area contributed by atoms with Crippen molar-refractivity contribution >= 4 is 51.7 Å². The minimum Gasteiger partial charge on any atom is -0.450 e. The van der Waals surface area contributed by atoms with E-state index in [1.54, 1.807) is 73.9 Å². The number of hydrogen-bond donors (Lipinski definition) is 5. The smallest absolute Gasteiger partial charge is 0.410 e. The monoisotopic (exact) mass is 589 g/mol. The van der Waals surface area contributed by atoms with Crippen molar-refractivity contribution in [3.05, 3.63) is 79.1 Å². The molecule has 1 unspecified atom stereocenters. The van der Waals surface area contributed by atoms with Gasteiger partial charge in [0.25, 0.3) is 0 Å². The predicted molar refractivity (Wildman–Crippen MR) is 160 cm³/mol. The van der Waals surface area contributed by atoms with E-state index in [9.17, 15) is 18.9 Å². The van der Waals surface area contributed by atoms with Gasteiger partial charge in [0, 0.05) is 35.4 Å². The first-order valence-electron chi connectivity index (χ1n) is 12.9. The van der Waals surface area contributed by atoms with Crippen molar-refractivity contribution in [3.63, 3.8) is 0 Å². The first-order valence-corrected chi connectivity index (χ1v) is 14.0. The molecule has 0 saturated heterocycles. The van der Waals surface area contributed by atoms with Gasteiger partial charge in [-0.25, -0.2) is 19.6 Å². The molecular formula is C28H29N8O5S-. The lowest BCUT2D eigenvalue weighted by molar-refractivity contribution is 0.164. The highest BCUT2D eigenvalue weighted by Gasteiger charge is 2.13. The number of aliphatic hydroxyl groups is 1. The van der Waals surface area contributed by atoms with Crippen molar-refractivity contribution in [1.29, 1.82) is 0 Å². The number of ether oxygens (including phenoxy) is 1. The molecule has 0 spiro atoms. The maximum absolute atomic E-state index is 12.3. The van der Waals surface area contributed by atoms with Gasteiger partial charge in [-0.15, -0.1) is 10.6 Å². The standard InChI is InChI=1S/C28H29N8O5S/c1-3-41-28(39)36-42(40)22-13-11-20(12-14-22)32-26-30-16-23(25(35-26)31-18(2)17-37)19-7-9-21(10-8-19)33-27(38)34-24-6-4-5-15-29-24/h4-16,18,37H,3,17H2,1-2H3,(H2,29,33,34,38)(H2,30,31,32,35)/q-1. The van der Waals surface area contributed by atoms with Crippen LogP contribution >= 0.6 is 0 Å². The molecule has 13 nitrogen and oxygen atoms in total. The van der Waals surface area contributed by atoms with E-state index in [2.05, 4.69) is 40.6 Å². The molecule has 0 bridgehead atoms. The summed E-state index contributed by atoms with van der Waals surface area (Å²) in [7, 11) is -1.89. The van der Waals surface area contributed by atoms with Crippen molar-refractivity contribution in [2.45, 2.75) is 24.8 Å². The lowest BCUT2D eigenvalue weighted by atomic mass is 10.1. The second-order valence-corrected chi connectivity index (χ2v) is 9.90. The molecule has 2 aromatic carbocycles. The zero-order valence-corrected chi connectivity index (χ0v) is 23.6. The molecule has 0 aliphatic heterocycles. The third-order valence-corrected chi connectivity index (χ3v) is 6.53. The van der Waals surface area contributed by atoms with E-state index in [-0.39, 0.29) is 25.2 Å². The summed E-state index contributed by atoms with van der Waals surface area (Å²) in [5.41, 5.74) is 2.64. The number of aliphatic hydroxyl groups excluding tert-OH is 1. The molecule has 0 fully saturated rings. The van der Waals surface area contributed by atoms with E-state index in [1.807, 2.05) is 19.1 Å². The zero-order chi connectivity index (χ0) is 29.9. The first kappa shape index (κ1) is 29.9. The topological polar surface area (TPSA) is 180 Å². The molecular weight excluding hydrogens is 560 g/mol. The number of nitrogens with zero attached hydrogens (tertiary/aromatic N) is 4. The van der Waals surface area contributed by atoms with Gasteiger partial charge in [-0.3, -0.25) is 9.68 Å². The highest BCUT2D eigenvalue weighted by atomic mass is 32.2. The van der Waals surface area contributed by atoms with Crippen molar-refractivity contribution in [2.24, 2.45) is 4.36 Å². The van der Waals surface area contributed by atoms with Crippen LogP contribution in [0, 0.1) is 0 Å². The Hall–Kier alpha value is -5.08. The maximum atomic E-state index is 12.3. The molecule has 2 aromatic heterocycles. The van der Waals surface area contributed by atoms with Gasteiger partial charge < -0.3 is 30.0 Å². The quantitative estimate of drug-likeness (QED) is 0.151. The minimum absolute atomic E-state index is 0.115. The van der Waals surface area contributed by atoms with Crippen LogP contribution in [0.5, 0.6) is 0 Å². The SMILES string of the molecule is CCOC(=O)N=[S-](=O)c1ccc(Nc2ncc(-c3ccc(NC(=O)Nc4ccccn4)cc3)c(NC(C)CO)n2)cc1. The van der Waals surface area contributed by atoms with Gasteiger partial charge in [0.15, 0.2) is 0 Å². The molecule has 0 aliphatic carbocycles. The average molecular weight is 590 g/mol. The van der Waals surface area contributed by atoms with E-state index in [0.717, 1.165) is 5.56 Å². The summed E-state index contributed by atoms with van der Waals surface area (Å²) in [6, 6.07) is 18.1. The van der Waals surface area contributed by atoms with Gasteiger partial charge in [0.05, 0.1) is 13.2 Å². The van der Waals surface area contributed by atoms with Crippen LogP contribution in [0.1, 0.15) is 13.8 Å². The molecule has 0 saturated carbocycles. The molecule has 3 amide bonds. The minimum atomic E-state index is -1.89. The van der Waals surface area contributed by atoms with Gasteiger partial charge in [0.2, 0.25) is 5.95 Å². The summed E-state index contributed by atoms with van der Waals surface area (Å²) in [5, 5.41) is 21.3. The number of carbonyl (C=O) groups is 2. The summed E-state index contributed by atoms with van der Waals surface area (Å²) < 4.78 is 20.4.